The Morgan fingerprint density at radius 1 is 1.16 bits per heavy atom. The molecule has 0 unspecified atom stereocenters. The number of rotatable bonds is 5. The van der Waals surface area contributed by atoms with E-state index in [4.69, 9.17) is 4.74 Å². The first-order valence-electron chi connectivity index (χ1n) is 7.88. The summed E-state index contributed by atoms with van der Waals surface area (Å²) in [4.78, 5) is 12.5. The topological polar surface area (TPSA) is 67.0 Å². The lowest BCUT2D eigenvalue weighted by atomic mass is 10.1. The molecule has 0 radical (unpaired) electrons. The molecule has 0 saturated carbocycles. The summed E-state index contributed by atoms with van der Waals surface area (Å²) in [6.07, 6.45) is -0.642. The quantitative estimate of drug-likeness (QED) is 0.660. The molecular weight excluding hydrogens is 382 g/mol. The number of H-pyrrole nitrogens is 1. The minimum absolute atomic E-state index is 0.256. The first kappa shape index (κ1) is 17.2. The molecule has 0 aliphatic carbocycles. The predicted octanol–water partition coefficient (Wildman–Crippen LogP) is 4.55. The summed E-state index contributed by atoms with van der Waals surface area (Å²) in [6, 6.07) is 17.1. The highest BCUT2D eigenvalue weighted by Gasteiger charge is 2.19. The fourth-order valence-corrected chi connectivity index (χ4v) is 2.73. The van der Waals surface area contributed by atoms with Crippen molar-refractivity contribution < 1.29 is 9.53 Å². The number of hydrogen-bond donors (Lipinski definition) is 2. The van der Waals surface area contributed by atoms with Gasteiger partial charge in [-0.05, 0) is 43.7 Å². The van der Waals surface area contributed by atoms with Gasteiger partial charge >= 0.3 is 0 Å². The second-order valence-electron chi connectivity index (χ2n) is 5.64. The van der Waals surface area contributed by atoms with Crippen LogP contribution in [-0.2, 0) is 4.79 Å². The number of benzene rings is 2. The van der Waals surface area contributed by atoms with Crippen molar-refractivity contribution in [3.63, 3.8) is 0 Å². The monoisotopic (exact) mass is 399 g/mol. The largest absolute Gasteiger partial charge is 0.481 e. The standard InChI is InChI=1S/C19H18BrN3O2/c1-12-17(14-8-10-15(20)11-9-14)18(23-22-12)21-19(24)13(2)25-16-6-4-3-5-7-16/h3-11,13H,1-2H3,(H2,21,22,23,24)/t13-/m0/s1. The van der Waals surface area contributed by atoms with Crippen LogP contribution in [0.15, 0.2) is 59.1 Å². The van der Waals surface area contributed by atoms with Crippen LogP contribution >= 0.6 is 15.9 Å². The van der Waals surface area contributed by atoms with E-state index in [-0.39, 0.29) is 5.91 Å². The van der Waals surface area contributed by atoms with Crippen molar-refractivity contribution in [1.82, 2.24) is 10.2 Å². The molecule has 6 heteroatoms. The van der Waals surface area contributed by atoms with E-state index < -0.39 is 6.10 Å². The predicted molar refractivity (Wildman–Crippen MR) is 102 cm³/mol. The molecule has 5 nitrogen and oxygen atoms in total. The van der Waals surface area contributed by atoms with Gasteiger partial charge in [0.25, 0.3) is 5.91 Å². The maximum Gasteiger partial charge on any atom is 0.266 e. The van der Waals surface area contributed by atoms with Crippen LogP contribution in [0.25, 0.3) is 11.1 Å². The zero-order valence-electron chi connectivity index (χ0n) is 13.9. The zero-order valence-corrected chi connectivity index (χ0v) is 15.5. The van der Waals surface area contributed by atoms with Crippen molar-refractivity contribution in [3.05, 3.63) is 64.8 Å². The summed E-state index contributed by atoms with van der Waals surface area (Å²) in [5, 5.41) is 9.99. The first-order valence-corrected chi connectivity index (χ1v) is 8.67. The van der Waals surface area contributed by atoms with Crippen LogP contribution in [-0.4, -0.2) is 22.2 Å². The van der Waals surface area contributed by atoms with Crippen molar-refractivity contribution in [3.8, 4) is 16.9 Å². The fraction of sp³-hybridized carbons (Fsp3) is 0.158. The van der Waals surface area contributed by atoms with Crippen LogP contribution in [0.1, 0.15) is 12.6 Å². The van der Waals surface area contributed by atoms with Gasteiger partial charge in [-0.1, -0.05) is 46.3 Å². The van der Waals surface area contributed by atoms with Gasteiger partial charge in [-0.15, -0.1) is 0 Å². The summed E-state index contributed by atoms with van der Waals surface area (Å²) >= 11 is 3.43. The number of carbonyl (C=O) groups excluding carboxylic acids is 1. The Morgan fingerprint density at radius 2 is 1.84 bits per heavy atom. The van der Waals surface area contributed by atoms with Gasteiger partial charge < -0.3 is 10.1 Å². The number of para-hydroxylation sites is 1. The number of carbonyl (C=O) groups is 1. The molecule has 1 heterocycles. The molecule has 1 aromatic heterocycles. The van der Waals surface area contributed by atoms with Gasteiger partial charge in [0.05, 0.1) is 0 Å². The van der Waals surface area contributed by atoms with Gasteiger partial charge in [0.1, 0.15) is 5.75 Å². The van der Waals surface area contributed by atoms with E-state index in [9.17, 15) is 4.79 Å². The number of aromatic amines is 1. The lowest BCUT2D eigenvalue weighted by Crippen LogP contribution is -2.30. The zero-order chi connectivity index (χ0) is 17.8. The van der Waals surface area contributed by atoms with Gasteiger partial charge in [-0.2, -0.15) is 5.10 Å². The SMILES string of the molecule is Cc1[nH]nc(NC(=O)[C@H](C)Oc2ccccc2)c1-c1ccc(Br)cc1. The van der Waals surface area contributed by atoms with E-state index in [2.05, 4.69) is 31.4 Å². The molecule has 1 atom stereocenters. The Labute approximate surface area is 154 Å². The highest BCUT2D eigenvalue weighted by atomic mass is 79.9. The number of aryl methyl sites for hydroxylation is 1. The fourth-order valence-electron chi connectivity index (χ4n) is 2.46. The molecule has 0 bridgehead atoms. The van der Waals surface area contributed by atoms with E-state index in [1.54, 1.807) is 6.92 Å². The summed E-state index contributed by atoms with van der Waals surface area (Å²) in [6.45, 7) is 3.63. The molecule has 3 rings (SSSR count). The average molecular weight is 400 g/mol. The Bertz CT molecular complexity index is 860. The number of anilines is 1. The Morgan fingerprint density at radius 3 is 2.52 bits per heavy atom. The molecule has 0 fully saturated rings. The number of nitrogens with one attached hydrogen (secondary N) is 2. The third kappa shape index (κ3) is 4.09. The second kappa shape index (κ2) is 7.53. The highest BCUT2D eigenvalue weighted by molar-refractivity contribution is 9.10. The molecule has 0 aliphatic heterocycles. The summed E-state index contributed by atoms with van der Waals surface area (Å²) in [5.41, 5.74) is 2.73. The van der Waals surface area contributed by atoms with Gasteiger partial charge in [-0.25, -0.2) is 0 Å². The van der Waals surface area contributed by atoms with Crippen LogP contribution in [0.4, 0.5) is 5.82 Å². The van der Waals surface area contributed by atoms with E-state index in [0.29, 0.717) is 11.6 Å². The van der Waals surface area contributed by atoms with Crippen molar-refractivity contribution in [1.29, 1.82) is 0 Å². The Balaban J connectivity index is 1.77. The van der Waals surface area contributed by atoms with Crippen molar-refractivity contribution in [2.75, 3.05) is 5.32 Å². The van der Waals surface area contributed by atoms with Crippen molar-refractivity contribution >= 4 is 27.7 Å². The van der Waals surface area contributed by atoms with Gasteiger partial charge in [0, 0.05) is 15.7 Å². The molecule has 2 aromatic carbocycles. The van der Waals surface area contributed by atoms with Gasteiger partial charge in [0.2, 0.25) is 0 Å². The third-order valence-electron chi connectivity index (χ3n) is 3.75. The summed E-state index contributed by atoms with van der Waals surface area (Å²) in [7, 11) is 0. The maximum atomic E-state index is 12.5. The number of nitrogens with zero attached hydrogens (tertiary/aromatic N) is 1. The number of hydrogen-bond acceptors (Lipinski definition) is 3. The smallest absolute Gasteiger partial charge is 0.266 e. The minimum atomic E-state index is -0.642. The van der Waals surface area contributed by atoms with Crippen LogP contribution < -0.4 is 10.1 Å². The lowest BCUT2D eigenvalue weighted by molar-refractivity contribution is -0.122. The molecule has 0 spiro atoms. The Hall–Kier alpha value is -2.60. The lowest BCUT2D eigenvalue weighted by Gasteiger charge is -2.14. The molecule has 2 N–H and O–H groups in total. The van der Waals surface area contributed by atoms with Crippen molar-refractivity contribution in [2.45, 2.75) is 20.0 Å². The average Bonchev–Trinajstić information content (AvgIpc) is 2.97. The van der Waals surface area contributed by atoms with Crippen LogP contribution in [0.2, 0.25) is 0 Å². The van der Waals surface area contributed by atoms with E-state index >= 15 is 0 Å². The second-order valence-corrected chi connectivity index (χ2v) is 6.56. The van der Waals surface area contributed by atoms with Crippen molar-refractivity contribution in [2.24, 2.45) is 0 Å². The van der Waals surface area contributed by atoms with Gasteiger partial charge in [-0.3, -0.25) is 9.89 Å². The summed E-state index contributed by atoms with van der Waals surface area (Å²) in [5.74, 6) is 0.888. The molecule has 1 amide bonds. The number of amides is 1. The Kier molecular flexibility index (Phi) is 5.19. The first-order chi connectivity index (χ1) is 12.0. The molecule has 0 saturated heterocycles. The molecule has 128 valence electrons. The van der Waals surface area contributed by atoms with Crippen LogP contribution in [0, 0.1) is 6.92 Å². The summed E-state index contributed by atoms with van der Waals surface area (Å²) < 4.78 is 6.65. The normalized spacial score (nSPS) is 11.8. The van der Waals surface area contributed by atoms with Crippen LogP contribution in [0.5, 0.6) is 5.75 Å². The van der Waals surface area contributed by atoms with Crippen LogP contribution in [0.3, 0.4) is 0 Å². The van der Waals surface area contributed by atoms with E-state index in [1.165, 1.54) is 0 Å². The van der Waals surface area contributed by atoms with Gasteiger partial charge in [0.15, 0.2) is 11.9 Å². The number of aromatic nitrogens is 2. The minimum Gasteiger partial charge on any atom is -0.481 e. The molecule has 25 heavy (non-hydrogen) atoms. The number of ether oxygens (including phenoxy) is 1. The number of halogens is 1. The van der Waals surface area contributed by atoms with E-state index in [0.717, 1.165) is 21.3 Å². The van der Waals surface area contributed by atoms with E-state index in [1.807, 2.05) is 61.5 Å². The molecule has 0 aliphatic rings. The maximum absolute atomic E-state index is 12.5. The highest BCUT2D eigenvalue weighted by Crippen LogP contribution is 2.30. The third-order valence-corrected chi connectivity index (χ3v) is 4.28. The molecular formula is C19H18BrN3O2. The molecule has 3 aromatic rings.